The van der Waals surface area contributed by atoms with Crippen LogP contribution in [0.3, 0.4) is 0 Å². The van der Waals surface area contributed by atoms with Gasteiger partial charge in [0.15, 0.2) is 0 Å². The summed E-state index contributed by atoms with van der Waals surface area (Å²) in [4.78, 5) is 23.7. The van der Waals surface area contributed by atoms with Crippen molar-refractivity contribution in [3.63, 3.8) is 0 Å². The van der Waals surface area contributed by atoms with Crippen molar-refractivity contribution in [2.24, 2.45) is 4.99 Å². The van der Waals surface area contributed by atoms with E-state index in [1.165, 1.54) is 129 Å². The Morgan fingerprint density at radius 3 is 1.19 bits per heavy atom. The van der Waals surface area contributed by atoms with Gasteiger partial charge in [0.2, 0.25) is 0 Å². The first-order chi connectivity index (χ1) is 28.3. The summed E-state index contributed by atoms with van der Waals surface area (Å²) in [7, 11) is 0. The van der Waals surface area contributed by atoms with Gasteiger partial charge in [0, 0.05) is 17.1 Å². The summed E-state index contributed by atoms with van der Waals surface area (Å²) in [5.41, 5.74) is 25.5. The minimum atomic E-state index is 0. The van der Waals surface area contributed by atoms with Crippen molar-refractivity contribution in [3.8, 4) is 0 Å². The van der Waals surface area contributed by atoms with E-state index in [4.69, 9.17) is 19.9 Å². The summed E-state index contributed by atoms with van der Waals surface area (Å²) in [5, 5.41) is 2.28. The molecule has 12 rings (SSSR count). The first kappa shape index (κ1) is 36.0. The molecule has 1 radical (unpaired) electrons. The molecule has 0 N–H and O–H groups in total. The van der Waals surface area contributed by atoms with Crippen LogP contribution in [0.5, 0.6) is 0 Å². The first-order valence-corrected chi connectivity index (χ1v) is 21.8. The second-order valence-electron chi connectivity index (χ2n) is 17.1. The third kappa shape index (κ3) is 5.57. The predicted molar refractivity (Wildman–Crippen MR) is 229 cm³/mol. The van der Waals surface area contributed by atoms with E-state index in [9.17, 15) is 0 Å². The summed E-state index contributed by atoms with van der Waals surface area (Å²) in [5.74, 6) is 0. The third-order valence-corrected chi connectivity index (χ3v) is 13.9. The van der Waals surface area contributed by atoms with E-state index in [0.717, 1.165) is 96.2 Å². The SMILES string of the molecule is [Cu].c1ccc(C2=C3N=C(C4=C3CCCC4)c3[n-]c(c4c3CCCC4)C(c3ccccc3)=c3[n-]c(c4c3CCCC4)=C(c3ccccc3)c3[n-]c2c2c3CCCC2)cc1. The molecule has 6 aromatic rings. The van der Waals surface area contributed by atoms with Crippen molar-refractivity contribution in [2.45, 2.75) is 103 Å². The van der Waals surface area contributed by atoms with Crippen LogP contribution in [0.25, 0.3) is 16.7 Å². The van der Waals surface area contributed by atoms with Gasteiger partial charge in [-0.1, -0.05) is 124 Å². The van der Waals surface area contributed by atoms with Gasteiger partial charge < -0.3 is 15.0 Å². The number of aromatic nitrogens is 3. The van der Waals surface area contributed by atoms with E-state index in [1.807, 2.05) is 0 Å². The Hall–Kier alpha value is -5.09. The maximum atomic E-state index is 5.97. The maximum Gasteiger partial charge on any atom is 0.0738 e. The number of benzene rings is 3. The number of hydrogen-bond acceptors (Lipinski definition) is 1. The Morgan fingerprint density at radius 1 is 0.345 bits per heavy atom. The molecule has 3 aromatic carbocycles. The van der Waals surface area contributed by atoms with Crippen LogP contribution in [-0.2, 0) is 55.6 Å². The normalized spacial score (nSPS) is 18.4. The van der Waals surface area contributed by atoms with Crippen molar-refractivity contribution < 1.29 is 17.1 Å². The summed E-state index contributed by atoms with van der Waals surface area (Å²) in [6, 6.07) is 33.3. The Bertz CT molecular complexity index is 2820. The molecule has 0 fully saturated rings. The average Bonchev–Trinajstić information content (AvgIpc) is 4.05. The van der Waals surface area contributed by atoms with E-state index in [1.54, 1.807) is 0 Å². The topological polar surface area (TPSA) is 54.7 Å². The number of nitrogens with zero attached hydrogens (tertiary/aromatic N) is 4. The number of aliphatic imine (C=N–C) groups is 1. The standard InChI is InChI=1S/C53H47N4.Cu/c1-4-18-32(19-5-1)43-46-35-24-10-12-26-37(35)48(54-46)44(33-20-6-2-7-21-33)50-39-28-14-16-30-41(39)52(56-50)53-42-31-17-15-29-40(42)51(57-53)45(34-22-8-3-9-23-34)49-38-27-13-11-25-36(38)47(43)55-49;/h1-9,18-23H,10-17,24-31H2;/q-3;. The molecule has 0 saturated heterocycles. The van der Waals surface area contributed by atoms with Crippen molar-refractivity contribution in [2.75, 3.05) is 0 Å². The molecule has 5 aliphatic carbocycles. The second-order valence-corrected chi connectivity index (χ2v) is 17.1. The smallest absolute Gasteiger partial charge is 0.0738 e. The zero-order valence-corrected chi connectivity index (χ0v) is 34.0. The fourth-order valence-electron chi connectivity index (χ4n) is 11.3. The molecule has 5 heteroatoms. The molecular weight excluding hydrogens is 756 g/mol. The number of allylic oxidation sites excluding steroid dienone is 2. The van der Waals surface area contributed by atoms with Gasteiger partial charge in [-0.2, -0.15) is 0 Å². The van der Waals surface area contributed by atoms with Gasteiger partial charge in [0.25, 0.3) is 0 Å². The van der Waals surface area contributed by atoms with Gasteiger partial charge in [-0.05, 0) is 147 Å². The van der Waals surface area contributed by atoms with Crippen molar-refractivity contribution in [3.05, 3.63) is 191 Å². The Labute approximate surface area is 351 Å². The average molecular weight is 804 g/mol. The quantitative estimate of drug-likeness (QED) is 0.168. The predicted octanol–water partition coefficient (Wildman–Crippen LogP) is 9.13. The van der Waals surface area contributed by atoms with E-state index < -0.39 is 0 Å². The van der Waals surface area contributed by atoms with Crippen LogP contribution in [-0.4, -0.2) is 5.71 Å². The third-order valence-electron chi connectivity index (χ3n) is 13.9. The van der Waals surface area contributed by atoms with Crippen LogP contribution >= 0.6 is 0 Å². The number of fused-ring (bicyclic) bond motifs is 1. The molecule has 58 heavy (non-hydrogen) atoms. The van der Waals surface area contributed by atoms with E-state index in [-0.39, 0.29) is 17.1 Å². The minimum absolute atomic E-state index is 0. The molecular formula is C53H47CuN4-3. The van der Waals surface area contributed by atoms with Crippen LogP contribution < -0.4 is 25.7 Å². The summed E-state index contributed by atoms with van der Waals surface area (Å²) in [6.07, 6.45) is 17.9. The van der Waals surface area contributed by atoms with E-state index in [2.05, 4.69) is 91.0 Å². The van der Waals surface area contributed by atoms with Crippen LogP contribution in [0.4, 0.5) is 0 Å². The van der Waals surface area contributed by atoms with Gasteiger partial charge in [-0.3, -0.25) is 0 Å². The molecule has 0 saturated carbocycles. The van der Waals surface area contributed by atoms with Gasteiger partial charge in [0.05, 0.1) is 11.4 Å². The van der Waals surface area contributed by atoms with Gasteiger partial charge in [0.1, 0.15) is 0 Å². The molecule has 4 nitrogen and oxygen atoms in total. The number of rotatable bonds is 3. The van der Waals surface area contributed by atoms with Crippen molar-refractivity contribution >= 4 is 22.4 Å². The fraction of sp³-hybridized carbons (Fsp3) is 0.302. The Morgan fingerprint density at radius 2 is 0.707 bits per heavy atom. The van der Waals surface area contributed by atoms with Gasteiger partial charge in [-0.25, -0.2) is 4.99 Å². The minimum Gasteiger partial charge on any atom is -0.656 e. The van der Waals surface area contributed by atoms with Crippen LogP contribution in [0, 0.1) is 0 Å². The van der Waals surface area contributed by atoms with E-state index in [0.29, 0.717) is 0 Å². The van der Waals surface area contributed by atoms with Crippen LogP contribution in [0.2, 0.25) is 0 Å². The zero-order chi connectivity index (χ0) is 37.5. The fourth-order valence-corrected chi connectivity index (χ4v) is 11.3. The zero-order valence-electron chi connectivity index (χ0n) is 33.1. The largest absolute Gasteiger partial charge is 0.656 e. The maximum absolute atomic E-state index is 5.97. The molecule has 0 atom stereocenters. The van der Waals surface area contributed by atoms with Crippen molar-refractivity contribution in [1.29, 1.82) is 0 Å². The molecule has 1 aliphatic heterocycles. The second kappa shape index (κ2) is 14.6. The van der Waals surface area contributed by atoms with E-state index >= 15 is 0 Å². The Balaban J connectivity index is 0.00000385. The molecule has 293 valence electrons. The molecule has 0 spiro atoms. The van der Waals surface area contributed by atoms with Crippen molar-refractivity contribution in [1.82, 2.24) is 15.0 Å². The summed E-state index contributed by atoms with van der Waals surface area (Å²) < 4.78 is 0. The van der Waals surface area contributed by atoms with Crippen LogP contribution in [0.1, 0.15) is 137 Å². The molecule has 0 unspecified atom stereocenters. The molecule has 6 aliphatic rings. The monoisotopic (exact) mass is 802 g/mol. The van der Waals surface area contributed by atoms with Crippen LogP contribution in [0.15, 0.2) is 113 Å². The molecule has 0 amide bonds. The number of hydrogen-bond donors (Lipinski definition) is 0. The summed E-state index contributed by atoms with van der Waals surface area (Å²) >= 11 is 0. The molecule has 3 aromatic heterocycles. The first-order valence-electron chi connectivity index (χ1n) is 21.8. The molecule has 8 bridgehead atoms. The summed E-state index contributed by atoms with van der Waals surface area (Å²) in [6.45, 7) is 0. The Kier molecular flexibility index (Phi) is 9.08. The van der Waals surface area contributed by atoms with Gasteiger partial charge in [-0.15, -0.1) is 33.5 Å². The molecule has 4 heterocycles. The van der Waals surface area contributed by atoms with Gasteiger partial charge >= 0.3 is 0 Å².